The molecule has 0 aliphatic rings. The summed E-state index contributed by atoms with van der Waals surface area (Å²) in [7, 11) is 0. The molecule has 1 rings (SSSR count). The molecule has 0 unspecified atom stereocenters. The smallest absolute Gasteiger partial charge is 0.0439 e. The first-order chi connectivity index (χ1) is 6.24. The summed E-state index contributed by atoms with van der Waals surface area (Å²) < 4.78 is 0. The van der Waals surface area contributed by atoms with E-state index in [1.807, 2.05) is 12.1 Å². The maximum absolute atomic E-state index is 5.99. The second kappa shape index (κ2) is 5.48. The highest BCUT2D eigenvalue weighted by molar-refractivity contribution is 6.33. The summed E-state index contributed by atoms with van der Waals surface area (Å²) in [6.45, 7) is 4.01. The molecule has 0 aliphatic carbocycles. The predicted molar refractivity (Wildman–Crippen MR) is 58.7 cm³/mol. The lowest BCUT2D eigenvalue weighted by molar-refractivity contribution is 0.717. The molecule has 0 amide bonds. The van der Waals surface area contributed by atoms with Gasteiger partial charge >= 0.3 is 0 Å². The van der Waals surface area contributed by atoms with Gasteiger partial charge in [0.25, 0.3) is 0 Å². The molecule has 0 aromatic heterocycles. The normalized spacial score (nSPS) is 10.4. The summed E-state index contributed by atoms with van der Waals surface area (Å²) in [4.78, 5) is 0. The summed E-state index contributed by atoms with van der Waals surface area (Å²) in [5, 5.41) is 4.78. The fraction of sp³-hybridized carbons (Fsp3) is 0.400. The molecule has 0 bridgehead atoms. The Morgan fingerprint density at radius 1 is 1.31 bits per heavy atom. The first-order valence-electron chi connectivity index (χ1n) is 4.38. The number of likely N-dealkylation sites (N-methyl/N-ethyl adjacent to an activating group) is 1. The van der Waals surface area contributed by atoms with Crippen LogP contribution in [0.2, 0.25) is 10.0 Å². The first kappa shape index (κ1) is 10.8. The SMILES string of the molecule is CCNCCc1cc(Cl)ccc1Cl. The molecular weight excluding hydrogens is 205 g/mol. The van der Waals surface area contributed by atoms with Gasteiger partial charge in [-0.1, -0.05) is 30.1 Å². The number of benzene rings is 1. The van der Waals surface area contributed by atoms with E-state index >= 15 is 0 Å². The minimum atomic E-state index is 0.746. The highest BCUT2D eigenvalue weighted by Crippen LogP contribution is 2.20. The molecule has 0 saturated carbocycles. The predicted octanol–water partition coefficient (Wildman–Crippen LogP) is 3.15. The molecule has 0 atom stereocenters. The maximum Gasteiger partial charge on any atom is 0.0439 e. The van der Waals surface area contributed by atoms with Crippen molar-refractivity contribution >= 4 is 23.2 Å². The van der Waals surface area contributed by atoms with Crippen molar-refractivity contribution < 1.29 is 0 Å². The fourth-order valence-electron chi connectivity index (χ4n) is 1.13. The van der Waals surface area contributed by atoms with E-state index in [9.17, 15) is 0 Å². The Balaban J connectivity index is 2.59. The van der Waals surface area contributed by atoms with E-state index < -0.39 is 0 Å². The zero-order chi connectivity index (χ0) is 9.68. The second-order valence-corrected chi connectivity index (χ2v) is 3.68. The van der Waals surface area contributed by atoms with E-state index in [4.69, 9.17) is 23.2 Å². The number of hydrogen-bond acceptors (Lipinski definition) is 1. The van der Waals surface area contributed by atoms with Gasteiger partial charge in [0.1, 0.15) is 0 Å². The molecule has 0 fully saturated rings. The van der Waals surface area contributed by atoms with Gasteiger partial charge in [0.05, 0.1) is 0 Å². The molecule has 0 saturated heterocycles. The highest BCUT2D eigenvalue weighted by Gasteiger charge is 2.00. The average molecular weight is 218 g/mol. The van der Waals surface area contributed by atoms with Crippen LogP contribution < -0.4 is 5.32 Å². The summed E-state index contributed by atoms with van der Waals surface area (Å²) >= 11 is 11.8. The Hall–Kier alpha value is -0.240. The van der Waals surface area contributed by atoms with Crippen molar-refractivity contribution in [3.05, 3.63) is 33.8 Å². The standard InChI is InChI=1S/C10H13Cl2N/c1-2-13-6-5-8-7-9(11)3-4-10(8)12/h3-4,7,13H,2,5-6H2,1H3. The van der Waals surface area contributed by atoms with E-state index in [0.29, 0.717) is 0 Å². The van der Waals surface area contributed by atoms with Crippen molar-refractivity contribution in [1.29, 1.82) is 0 Å². The fourth-order valence-corrected chi connectivity index (χ4v) is 1.54. The van der Waals surface area contributed by atoms with Gasteiger partial charge in [0, 0.05) is 10.0 Å². The largest absolute Gasteiger partial charge is 0.317 e. The van der Waals surface area contributed by atoms with E-state index in [1.54, 1.807) is 6.07 Å². The molecule has 1 nitrogen and oxygen atoms in total. The summed E-state index contributed by atoms with van der Waals surface area (Å²) in [6.07, 6.45) is 0.924. The topological polar surface area (TPSA) is 12.0 Å². The molecular formula is C10H13Cl2N. The van der Waals surface area contributed by atoms with E-state index in [-0.39, 0.29) is 0 Å². The Bertz CT molecular complexity index is 274. The van der Waals surface area contributed by atoms with Crippen LogP contribution in [0.15, 0.2) is 18.2 Å². The van der Waals surface area contributed by atoms with Crippen molar-refractivity contribution in [2.45, 2.75) is 13.3 Å². The third-order valence-corrected chi connectivity index (χ3v) is 2.43. The van der Waals surface area contributed by atoms with Gasteiger partial charge in [-0.3, -0.25) is 0 Å². The van der Waals surface area contributed by atoms with Gasteiger partial charge in [0.15, 0.2) is 0 Å². The zero-order valence-electron chi connectivity index (χ0n) is 7.61. The van der Waals surface area contributed by atoms with Crippen LogP contribution in [0.4, 0.5) is 0 Å². The molecule has 1 aromatic rings. The van der Waals surface area contributed by atoms with Crippen molar-refractivity contribution in [2.75, 3.05) is 13.1 Å². The maximum atomic E-state index is 5.99. The molecule has 0 aliphatic heterocycles. The van der Waals surface area contributed by atoms with Crippen molar-refractivity contribution in [3.8, 4) is 0 Å². The van der Waals surface area contributed by atoms with E-state index in [1.165, 1.54) is 0 Å². The Morgan fingerprint density at radius 3 is 2.77 bits per heavy atom. The molecule has 13 heavy (non-hydrogen) atoms. The molecule has 1 aromatic carbocycles. The van der Waals surface area contributed by atoms with Gasteiger partial charge in [0.2, 0.25) is 0 Å². The number of nitrogens with one attached hydrogen (secondary N) is 1. The summed E-state index contributed by atoms with van der Waals surface area (Å²) in [6, 6.07) is 5.56. The third kappa shape index (κ3) is 3.55. The molecule has 3 heteroatoms. The lowest BCUT2D eigenvalue weighted by atomic mass is 10.1. The number of hydrogen-bond donors (Lipinski definition) is 1. The van der Waals surface area contributed by atoms with Gasteiger partial charge in [-0.25, -0.2) is 0 Å². The van der Waals surface area contributed by atoms with Crippen LogP contribution in [-0.4, -0.2) is 13.1 Å². The van der Waals surface area contributed by atoms with Gasteiger partial charge in [-0.2, -0.15) is 0 Å². The minimum Gasteiger partial charge on any atom is -0.317 e. The average Bonchev–Trinajstić information content (AvgIpc) is 2.11. The third-order valence-electron chi connectivity index (χ3n) is 1.83. The molecule has 0 spiro atoms. The van der Waals surface area contributed by atoms with Crippen LogP contribution >= 0.6 is 23.2 Å². The van der Waals surface area contributed by atoms with E-state index in [0.717, 1.165) is 35.1 Å². The van der Waals surface area contributed by atoms with Crippen LogP contribution in [0.5, 0.6) is 0 Å². The van der Waals surface area contributed by atoms with Crippen LogP contribution in [0.3, 0.4) is 0 Å². The Kier molecular flexibility index (Phi) is 4.57. The van der Waals surface area contributed by atoms with Gasteiger partial charge in [-0.05, 0) is 43.3 Å². The van der Waals surface area contributed by atoms with Crippen LogP contribution in [0.1, 0.15) is 12.5 Å². The van der Waals surface area contributed by atoms with Crippen molar-refractivity contribution in [1.82, 2.24) is 5.32 Å². The van der Waals surface area contributed by atoms with Gasteiger partial charge in [-0.15, -0.1) is 0 Å². The number of rotatable bonds is 4. The van der Waals surface area contributed by atoms with Gasteiger partial charge < -0.3 is 5.32 Å². The minimum absolute atomic E-state index is 0.746. The molecule has 1 N–H and O–H groups in total. The summed E-state index contributed by atoms with van der Waals surface area (Å²) in [5.41, 5.74) is 1.11. The molecule has 72 valence electrons. The quantitative estimate of drug-likeness (QED) is 0.765. The Morgan fingerprint density at radius 2 is 2.08 bits per heavy atom. The van der Waals surface area contributed by atoms with Crippen molar-refractivity contribution in [3.63, 3.8) is 0 Å². The summed E-state index contributed by atoms with van der Waals surface area (Å²) in [5.74, 6) is 0. The monoisotopic (exact) mass is 217 g/mol. The lowest BCUT2D eigenvalue weighted by Gasteiger charge is -2.04. The second-order valence-electron chi connectivity index (χ2n) is 2.84. The van der Waals surface area contributed by atoms with Crippen LogP contribution in [0.25, 0.3) is 0 Å². The Labute approximate surface area is 89.0 Å². The number of halogens is 2. The zero-order valence-corrected chi connectivity index (χ0v) is 9.12. The van der Waals surface area contributed by atoms with Crippen LogP contribution in [0, 0.1) is 0 Å². The first-order valence-corrected chi connectivity index (χ1v) is 5.14. The highest BCUT2D eigenvalue weighted by atomic mass is 35.5. The van der Waals surface area contributed by atoms with Crippen LogP contribution in [-0.2, 0) is 6.42 Å². The van der Waals surface area contributed by atoms with E-state index in [2.05, 4.69) is 12.2 Å². The molecule has 0 heterocycles. The van der Waals surface area contributed by atoms with Crippen molar-refractivity contribution in [2.24, 2.45) is 0 Å². The molecule has 0 radical (unpaired) electrons. The lowest BCUT2D eigenvalue weighted by Crippen LogP contribution is -2.16.